The van der Waals surface area contributed by atoms with Crippen LogP contribution < -0.4 is 9.47 Å². The van der Waals surface area contributed by atoms with E-state index in [-0.39, 0.29) is 0 Å². The quantitative estimate of drug-likeness (QED) is 0.0855. The monoisotopic (exact) mass is 840 g/mol. The molecule has 9 rings (SSSR count). The smallest absolute Gasteiger partial charge is 0.164 e. The van der Waals surface area contributed by atoms with E-state index < -0.39 is 0 Å². The molecule has 0 atom stereocenters. The summed E-state index contributed by atoms with van der Waals surface area (Å²) in [6, 6.07) is 56.1. The number of hydrogen-bond donors (Lipinski definition) is 0. The van der Waals surface area contributed by atoms with Gasteiger partial charge in [-0.3, -0.25) is 0 Å². The van der Waals surface area contributed by atoms with Crippen molar-refractivity contribution in [1.82, 2.24) is 19.5 Å². The van der Waals surface area contributed by atoms with Crippen LogP contribution in [0.3, 0.4) is 0 Å². The Bertz CT molecular complexity index is 2980. The molecule has 6 nitrogen and oxygen atoms in total. The Balaban J connectivity index is 0.984. The first-order chi connectivity index (χ1) is 31.4. The van der Waals surface area contributed by atoms with Crippen LogP contribution in [0.4, 0.5) is 0 Å². The van der Waals surface area contributed by atoms with Gasteiger partial charge in [-0.2, -0.15) is 0 Å². The zero-order chi connectivity index (χ0) is 43.8. The summed E-state index contributed by atoms with van der Waals surface area (Å²) >= 11 is 0. The third-order valence-electron chi connectivity index (χ3n) is 12.2. The number of rotatable bonds is 17. The molecule has 0 spiro atoms. The highest BCUT2D eigenvalue weighted by atomic mass is 16.5. The van der Waals surface area contributed by atoms with Crippen molar-refractivity contribution in [2.24, 2.45) is 0 Å². The molecule has 0 unspecified atom stereocenters. The summed E-state index contributed by atoms with van der Waals surface area (Å²) in [5.41, 5.74) is 13.7. The van der Waals surface area contributed by atoms with Gasteiger partial charge in [-0.05, 0) is 122 Å². The van der Waals surface area contributed by atoms with Crippen molar-refractivity contribution >= 4 is 21.8 Å². The molecule has 6 heteroatoms. The van der Waals surface area contributed by atoms with E-state index in [2.05, 4.69) is 177 Å². The topological polar surface area (TPSA) is 62.1 Å². The first kappa shape index (κ1) is 42.3. The Labute approximate surface area is 377 Å². The number of aromatic nitrogens is 4. The molecule has 0 aliphatic rings. The highest BCUT2D eigenvalue weighted by Gasteiger charge is 2.16. The van der Waals surface area contributed by atoms with Crippen LogP contribution in [0.2, 0.25) is 0 Å². The second kappa shape index (κ2) is 19.6. The number of benzene rings is 7. The van der Waals surface area contributed by atoms with Crippen LogP contribution in [-0.4, -0.2) is 33.2 Å². The van der Waals surface area contributed by atoms with E-state index in [0.29, 0.717) is 17.5 Å². The molecule has 0 amide bonds. The van der Waals surface area contributed by atoms with Crippen LogP contribution >= 0.6 is 0 Å². The van der Waals surface area contributed by atoms with Crippen molar-refractivity contribution in [2.75, 3.05) is 13.7 Å². The van der Waals surface area contributed by atoms with Crippen LogP contribution in [0.15, 0.2) is 158 Å². The van der Waals surface area contributed by atoms with Gasteiger partial charge in [0.1, 0.15) is 11.5 Å². The molecule has 9 aromatic rings. The second-order valence-corrected chi connectivity index (χ2v) is 17.0. The molecule has 0 N–H and O–H groups in total. The molecule has 7 aromatic carbocycles. The summed E-state index contributed by atoms with van der Waals surface area (Å²) in [6.07, 6.45) is 8.04. The van der Waals surface area contributed by atoms with Gasteiger partial charge in [0.05, 0.1) is 13.7 Å². The number of methoxy groups -OCH3 is 1. The molecule has 0 radical (unpaired) electrons. The molecular weight excluding hydrogens is 785 g/mol. The van der Waals surface area contributed by atoms with Crippen LogP contribution in [0.5, 0.6) is 11.5 Å². The van der Waals surface area contributed by atoms with Gasteiger partial charge in [0, 0.05) is 45.0 Å². The summed E-state index contributed by atoms with van der Waals surface area (Å²) < 4.78 is 14.3. The largest absolute Gasteiger partial charge is 0.497 e. The van der Waals surface area contributed by atoms with Crippen molar-refractivity contribution in [3.05, 3.63) is 174 Å². The van der Waals surface area contributed by atoms with Gasteiger partial charge in [0.25, 0.3) is 0 Å². The Hall–Kier alpha value is -7.05. The van der Waals surface area contributed by atoms with Crippen molar-refractivity contribution in [3.8, 4) is 67.9 Å². The molecule has 0 fully saturated rings. The Morgan fingerprint density at radius 2 is 0.953 bits per heavy atom. The van der Waals surface area contributed by atoms with Crippen LogP contribution in [0, 0.1) is 13.8 Å². The molecule has 0 saturated heterocycles. The fourth-order valence-electron chi connectivity index (χ4n) is 8.76. The summed E-state index contributed by atoms with van der Waals surface area (Å²) in [4.78, 5) is 14.9. The standard InChI is InChI=1S/C58H56N4O2/c1-5-6-7-8-9-33-64-51-23-13-19-45(37-51)47-29-31-55-53(39-47)52-38-46(44-18-12-22-50(36-44)63-4)28-30-54(52)62(55)32-14-17-42-24-26-43(27-25-42)56-59-57(48-20-10-15-40(2)34-48)61-58(60-56)49-21-11-16-41(3)35-49/h10-13,15-16,18-31,34-39H,5-9,14,17,32-33H2,1-4H3. The summed E-state index contributed by atoms with van der Waals surface area (Å²) in [5, 5.41) is 2.49. The van der Waals surface area contributed by atoms with Gasteiger partial charge >= 0.3 is 0 Å². The summed E-state index contributed by atoms with van der Waals surface area (Å²) in [5.74, 6) is 3.80. The first-order valence-corrected chi connectivity index (χ1v) is 22.9. The maximum absolute atomic E-state index is 6.23. The second-order valence-electron chi connectivity index (χ2n) is 17.0. The Morgan fingerprint density at radius 3 is 1.53 bits per heavy atom. The molecule has 0 aliphatic heterocycles. The lowest BCUT2D eigenvalue weighted by molar-refractivity contribution is 0.304. The molecule has 320 valence electrons. The zero-order valence-corrected chi connectivity index (χ0v) is 37.5. The van der Waals surface area contributed by atoms with E-state index in [1.807, 2.05) is 6.07 Å². The van der Waals surface area contributed by atoms with Gasteiger partial charge in [-0.25, -0.2) is 15.0 Å². The minimum atomic E-state index is 0.671. The fourth-order valence-corrected chi connectivity index (χ4v) is 8.76. The molecule has 64 heavy (non-hydrogen) atoms. The molecule has 2 aromatic heterocycles. The first-order valence-electron chi connectivity index (χ1n) is 22.9. The third-order valence-corrected chi connectivity index (χ3v) is 12.2. The van der Waals surface area contributed by atoms with Crippen molar-refractivity contribution in [1.29, 1.82) is 0 Å². The molecule has 0 saturated carbocycles. The minimum Gasteiger partial charge on any atom is -0.497 e. The predicted octanol–water partition coefficient (Wildman–Crippen LogP) is 14.9. The van der Waals surface area contributed by atoms with Gasteiger partial charge in [-0.1, -0.05) is 141 Å². The molecule has 0 aliphatic carbocycles. The zero-order valence-electron chi connectivity index (χ0n) is 37.5. The average molecular weight is 841 g/mol. The third kappa shape index (κ3) is 9.62. The lowest BCUT2D eigenvalue weighted by Gasteiger charge is -2.11. The molecule has 0 bridgehead atoms. The van der Waals surface area contributed by atoms with E-state index in [1.54, 1.807) is 7.11 Å². The highest BCUT2D eigenvalue weighted by Crippen LogP contribution is 2.37. The van der Waals surface area contributed by atoms with E-state index in [0.717, 1.165) is 71.7 Å². The number of unbranched alkanes of at least 4 members (excludes halogenated alkanes) is 4. The maximum atomic E-state index is 6.23. The number of ether oxygens (including phenoxy) is 2. The maximum Gasteiger partial charge on any atom is 0.164 e. The number of hydrogen-bond acceptors (Lipinski definition) is 5. The number of aryl methyl sites for hydroxylation is 4. The van der Waals surface area contributed by atoms with E-state index in [1.165, 1.54) is 75.3 Å². The van der Waals surface area contributed by atoms with E-state index >= 15 is 0 Å². The minimum absolute atomic E-state index is 0.671. The Kier molecular flexibility index (Phi) is 12.9. The van der Waals surface area contributed by atoms with E-state index in [4.69, 9.17) is 24.4 Å². The van der Waals surface area contributed by atoms with Gasteiger partial charge in [0.2, 0.25) is 0 Å². The highest BCUT2D eigenvalue weighted by molar-refractivity contribution is 6.10. The van der Waals surface area contributed by atoms with Gasteiger partial charge in [0.15, 0.2) is 17.5 Å². The van der Waals surface area contributed by atoms with Crippen molar-refractivity contribution in [3.63, 3.8) is 0 Å². The predicted molar refractivity (Wildman–Crippen MR) is 265 cm³/mol. The van der Waals surface area contributed by atoms with Crippen LogP contribution in [0.1, 0.15) is 62.1 Å². The fraction of sp³-hybridized carbons (Fsp3) is 0.224. The van der Waals surface area contributed by atoms with Crippen LogP contribution in [-0.2, 0) is 13.0 Å². The molecular formula is C58H56N4O2. The van der Waals surface area contributed by atoms with Gasteiger partial charge < -0.3 is 14.0 Å². The van der Waals surface area contributed by atoms with Crippen molar-refractivity contribution in [2.45, 2.75) is 72.3 Å². The number of nitrogens with zero attached hydrogens (tertiary/aromatic N) is 4. The SMILES string of the molecule is CCCCCCCOc1cccc(-c2ccc3c(c2)c2cc(-c4cccc(OC)c4)ccc2n3CCCc2ccc(-c3nc(-c4cccc(C)c4)nc(-c4cccc(C)c4)n3)cc2)c1. The lowest BCUT2D eigenvalue weighted by Crippen LogP contribution is -2.01. The normalized spacial score (nSPS) is 11.4. The summed E-state index contributed by atoms with van der Waals surface area (Å²) in [6.45, 7) is 8.07. The van der Waals surface area contributed by atoms with Gasteiger partial charge in [-0.15, -0.1) is 0 Å². The molecule has 2 heterocycles. The average Bonchev–Trinajstić information content (AvgIpc) is 3.64. The summed E-state index contributed by atoms with van der Waals surface area (Å²) in [7, 11) is 1.72. The van der Waals surface area contributed by atoms with Crippen LogP contribution in [0.25, 0.3) is 78.2 Å². The lowest BCUT2D eigenvalue weighted by atomic mass is 10.00. The number of fused-ring (bicyclic) bond motifs is 3. The van der Waals surface area contributed by atoms with Crippen molar-refractivity contribution < 1.29 is 9.47 Å². The van der Waals surface area contributed by atoms with E-state index in [9.17, 15) is 0 Å². The Morgan fingerprint density at radius 1 is 0.453 bits per heavy atom.